The lowest BCUT2D eigenvalue weighted by atomic mass is 10.2. The van der Waals surface area contributed by atoms with Crippen LogP contribution in [0.2, 0.25) is 5.02 Å². The number of amides is 1. The van der Waals surface area contributed by atoms with Crippen LogP contribution in [0.5, 0.6) is 0 Å². The van der Waals surface area contributed by atoms with Gasteiger partial charge in [-0.05, 0) is 36.4 Å². The molecule has 1 aromatic heterocycles. The molecule has 1 heterocycles. The summed E-state index contributed by atoms with van der Waals surface area (Å²) in [7, 11) is -3.72. The Kier molecular flexibility index (Phi) is 5.13. The maximum Gasteiger partial charge on any atom is 0.244 e. The summed E-state index contributed by atoms with van der Waals surface area (Å²) in [6, 6.07) is 22.3. The van der Waals surface area contributed by atoms with Crippen LogP contribution in [0, 0.1) is 0 Å². The summed E-state index contributed by atoms with van der Waals surface area (Å²) in [6.45, 7) is -0.0304. The van der Waals surface area contributed by atoms with Gasteiger partial charge >= 0.3 is 0 Å². The van der Waals surface area contributed by atoms with Crippen molar-refractivity contribution in [3.63, 3.8) is 0 Å². The maximum absolute atomic E-state index is 13.1. The first-order valence-corrected chi connectivity index (χ1v) is 10.7. The normalized spacial score (nSPS) is 11.5. The minimum Gasteiger partial charge on any atom is -0.337 e. The Hall–Kier alpha value is -3.09. The monoisotopic (exact) mass is 424 g/mol. The lowest BCUT2D eigenvalue weighted by Gasteiger charge is -2.07. The lowest BCUT2D eigenvalue weighted by Crippen LogP contribution is -2.18. The fraction of sp³-hybridized carbons (Fsp3) is 0.0455. The molecule has 3 aromatic carbocycles. The third-order valence-electron chi connectivity index (χ3n) is 4.52. The Labute approximate surface area is 173 Å². The quantitative estimate of drug-likeness (QED) is 0.502. The molecule has 146 valence electrons. The number of hydrogen-bond acceptors (Lipinski definition) is 3. The summed E-state index contributed by atoms with van der Waals surface area (Å²) in [5.74, 6) is -0.281. The Morgan fingerprint density at radius 1 is 0.931 bits per heavy atom. The highest BCUT2D eigenvalue weighted by molar-refractivity contribution is 7.91. The SMILES string of the molecule is O=C(Cn1cc(S(=O)(=O)c2ccccc2)c2ccccc21)Nc1cccc(Cl)c1. The number of aromatic nitrogens is 1. The van der Waals surface area contributed by atoms with Crippen LogP contribution in [0.15, 0.2) is 94.9 Å². The number of benzene rings is 3. The van der Waals surface area contributed by atoms with E-state index < -0.39 is 9.84 Å². The second-order valence-corrected chi connectivity index (χ2v) is 8.87. The standard InChI is InChI=1S/C22H17ClN2O3S/c23-16-7-6-8-17(13-16)24-22(26)15-25-14-21(19-11-4-5-12-20(19)25)29(27,28)18-9-2-1-3-10-18/h1-14H,15H2,(H,24,26). The molecule has 0 saturated carbocycles. The van der Waals surface area contributed by atoms with Crippen LogP contribution < -0.4 is 5.32 Å². The summed E-state index contributed by atoms with van der Waals surface area (Å²) < 4.78 is 27.9. The van der Waals surface area contributed by atoms with Gasteiger partial charge in [-0.2, -0.15) is 0 Å². The molecule has 7 heteroatoms. The number of fused-ring (bicyclic) bond motifs is 1. The van der Waals surface area contributed by atoms with Crippen molar-refractivity contribution in [1.82, 2.24) is 4.57 Å². The van der Waals surface area contributed by atoms with E-state index in [1.807, 2.05) is 6.07 Å². The largest absolute Gasteiger partial charge is 0.337 e. The Bertz CT molecular complexity index is 1300. The van der Waals surface area contributed by atoms with Crippen LogP contribution in [-0.2, 0) is 21.2 Å². The Morgan fingerprint density at radius 3 is 2.41 bits per heavy atom. The summed E-state index contributed by atoms with van der Waals surface area (Å²) in [6.07, 6.45) is 1.52. The van der Waals surface area contributed by atoms with Crippen LogP contribution >= 0.6 is 11.6 Å². The van der Waals surface area contributed by atoms with Gasteiger partial charge < -0.3 is 9.88 Å². The second-order valence-electron chi connectivity index (χ2n) is 6.51. The van der Waals surface area contributed by atoms with Gasteiger partial charge in [0, 0.05) is 27.8 Å². The number of anilines is 1. The van der Waals surface area contributed by atoms with Crippen LogP contribution in [0.3, 0.4) is 0 Å². The summed E-state index contributed by atoms with van der Waals surface area (Å²) in [5, 5.41) is 3.88. The molecular formula is C22H17ClN2O3S. The number of nitrogens with one attached hydrogen (secondary N) is 1. The minimum atomic E-state index is -3.72. The number of carbonyl (C=O) groups is 1. The minimum absolute atomic E-state index is 0.0304. The molecule has 0 spiro atoms. The molecule has 0 atom stereocenters. The molecule has 0 aliphatic carbocycles. The first-order chi connectivity index (χ1) is 13.9. The topological polar surface area (TPSA) is 68.2 Å². The highest BCUT2D eigenvalue weighted by atomic mass is 35.5. The third-order valence-corrected chi connectivity index (χ3v) is 6.55. The molecule has 0 radical (unpaired) electrons. The molecule has 1 amide bonds. The van der Waals surface area contributed by atoms with Gasteiger partial charge in [0.25, 0.3) is 0 Å². The second kappa shape index (κ2) is 7.73. The molecule has 0 saturated heterocycles. The third kappa shape index (κ3) is 3.90. The number of nitrogens with zero attached hydrogens (tertiary/aromatic N) is 1. The number of para-hydroxylation sites is 1. The van der Waals surface area contributed by atoms with Gasteiger partial charge in [-0.3, -0.25) is 4.79 Å². The average Bonchev–Trinajstić information content (AvgIpc) is 3.08. The Morgan fingerprint density at radius 2 is 1.66 bits per heavy atom. The van der Waals surface area contributed by atoms with Crippen LogP contribution in [0.25, 0.3) is 10.9 Å². The van der Waals surface area contributed by atoms with E-state index in [1.165, 1.54) is 6.20 Å². The molecule has 5 nitrogen and oxygen atoms in total. The highest BCUT2D eigenvalue weighted by Gasteiger charge is 2.23. The predicted molar refractivity (Wildman–Crippen MR) is 114 cm³/mol. The van der Waals surface area contributed by atoms with Crippen molar-refractivity contribution in [2.45, 2.75) is 16.3 Å². The molecule has 0 unspecified atom stereocenters. The molecule has 4 rings (SSSR count). The van der Waals surface area contributed by atoms with Gasteiger partial charge in [-0.15, -0.1) is 0 Å². The lowest BCUT2D eigenvalue weighted by molar-refractivity contribution is -0.116. The smallest absolute Gasteiger partial charge is 0.244 e. The van der Waals surface area contributed by atoms with E-state index in [-0.39, 0.29) is 22.2 Å². The van der Waals surface area contributed by atoms with Gasteiger partial charge in [-0.25, -0.2) is 8.42 Å². The van der Waals surface area contributed by atoms with Gasteiger partial charge in [0.05, 0.1) is 9.79 Å². The molecule has 29 heavy (non-hydrogen) atoms. The average molecular weight is 425 g/mol. The van der Waals surface area contributed by atoms with Crippen LogP contribution in [0.1, 0.15) is 0 Å². The number of carbonyl (C=O) groups excluding carboxylic acids is 1. The molecule has 0 aliphatic rings. The van der Waals surface area contributed by atoms with Crippen molar-refractivity contribution in [1.29, 1.82) is 0 Å². The Balaban J connectivity index is 1.70. The zero-order chi connectivity index (χ0) is 20.4. The molecule has 1 N–H and O–H groups in total. The predicted octanol–water partition coefficient (Wildman–Crippen LogP) is 4.77. The van der Waals surface area contributed by atoms with E-state index in [9.17, 15) is 13.2 Å². The van der Waals surface area contributed by atoms with E-state index >= 15 is 0 Å². The van der Waals surface area contributed by atoms with Gasteiger partial charge in [0.15, 0.2) is 0 Å². The van der Waals surface area contributed by atoms with Crippen molar-refractivity contribution in [2.75, 3.05) is 5.32 Å². The summed E-state index contributed by atoms with van der Waals surface area (Å²) >= 11 is 5.96. The van der Waals surface area contributed by atoms with Gasteiger partial charge in [-0.1, -0.05) is 54.1 Å². The summed E-state index contributed by atoms with van der Waals surface area (Å²) in [4.78, 5) is 12.9. The van der Waals surface area contributed by atoms with Crippen molar-refractivity contribution < 1.29 is 13.2 Å². The maximum atomic E-state index is 13.1. The first-order valence-electron chi connectivity index (χ1n) is 8.88. The van der Waals surface area contributed by atoms with Crippen molar-refractivity contribution >= 4 is 43.9 Å². The fourth-order valence-corrected chi connectivity index (χ4v) is 4.89. The number of halogens is 1. The van der Waals surface area contributed by atoms with Crippen LogP contribution in [-0.4, -0.2) is 18.9 Å². The van der Waals surface area contributed by atoms with Crippen molar-refractivity contribution in [3.8, 4) is 0 Å². The van der Waals surface area contributed by atoms with Crippen LogP contribution in [0.4, 0.5) is 5.69 Å². The highest BCUT2D eigenvalue weighted by Crippen LogP contribution is 2.30. The van der Waals surface area contributed by atoms with Gasteiger partial charge in [0.1, 0.15) is 6.54 Å². The first kappa shape index (κ1) is 19.2. The molecule has 4 aromatic rings. The molecule has 0 bridgehead atoms. The number of hydrogen-bond donors (Lipinski definition) is 1. The van der Waals surface area contributed by atoms with E-state index in [0.29, 0.717) is 21.6 Å². The van der Waals surface area contributed by atoms with Crippen molar-refractivity contribution in [2.24, 2.45) is 0 Å². The van der Waals surface area contributed by atoms with E-state index in [4.69, 9.17) is 11.6 Å². The number of sulfone groups is 1. The molecular weight excluding hydrogens is 408 g/mol. The molecule has 0 aliphatic heterocycles. The summed E-state index contributed by atoms with van der Waals surface area (Å²) in [5.41, 5.74) is 1.25. The van der Waals surface area contributed by atoms with E-state index in [0.717, 1.165) is 0 Å². The molecule has 0 fully saturated rings. The van der Waals surface area contributed by atoms with Gasteiger partial charge in [0.2, 0.25) is 15.7 Å². The zero-order valence-corrected chi connectivity index (χ0v) is 16.8. The van der Waals surface area contributed by atoms with E-state index in [1.54, 1.807) is 77.4 Å². The zero-order valence-electron chi connectivity index (χ0n) is 15.2. The number of rotatable bonds is 5. The van der Waals surface area contributed by atoms with E-state index in [2.05, 4.69) is 5.32 Å². The fourth-order valence-electron chi connectivity index (χ4n) is 3.21. The van der Waals surface area contributed by atoms with Crippen molar-refractivity contribution in [3.05, 3.63) is 90.1 Å².